The number of aryl methyl sites for hydroxylation is 1. The van der Waals surface area contributed by atoms with Gasteiger partial charge in [-0.15, -0.1) is 11.3 Å². The maximum atomic E-state index is 12.5. The van der Waals surface area contributed by atoms with Gasteiger partial charge >= 0.3 is 6.03 Å². The molecule has 7 heteroatoms. The summed E-state index contributed by atoms with van der Waals surface area (Å²) in [6, 6.07) is 3.82. The van der Waals surface area contributed by atoms with Crippen molar-refractivity contribution in [3.05, 3.63) is 22.4 Å². The first-order chi connectivity index (χ1) is 12.1. The molecule has 0 bridgehead atoms. The smallest absolute Gasteiger partial charge is 0.325 e. The summed E-state index contributed by atoms with van der Waals surface area (Å²) >= 11 is 1.71. The number of carbonyl (C=O) groups is 3. The molecule has 25 heavy (non-hydrogen) atoms. The molecule has 4 amide bonds. The van der Waals surface area contributed by atoms with Gasteiger partial charge in [0, 0.05) is 24.4 Å². The molecule has 2 fully saturated rings. The van der Waals surface area contributed by atoms with Gasteiger partial charge < -0.3 is 10.6 Å². The molecule has 1 spiro atoms. The molecule has 6 nitrogen and oxygen atoms in total. The Hall–Kier alpha value is -1.89. The first-order valence-corrected chi connectivity index (χ1v) is 9.92. The standard InChI is InChI=1S/C18H25N3O3S/c22-15(8-3-6-14-7-4-13-25-14)19-11-5-12-21-16(23)18(20-17(21)24)9-1-2-10-18/h4,7,13H,1-3,5-6,8-12H2,(H,19,22)(H,20,24). The van der Waals surface area contributed by atoms with Crippen molar-refractivity contribution in [1.82, 2.24) is 15.5 Å². The third kappa shape index (κ3) is 4.21. The van der Waals surface area contributed by atoms with E-state index in [1.807, 2.05) is 11.4 Å². The van der Waals surface area contributed by atoms with Crippen molar-refractivity contribution in [3.8, 4) is 0 Å². The fraction of sp³-hybridized carbons (Fsp3) is 0.611. The lowest BCUT2D eigenvalue weighted by molar-refractivity contribution is -0.131. The summed E-state index contributed by atoms with van der Waals surface area (Å²) in [5, 5.41) is 7.79. The summed E-state index contributed by atoms with van der Waals surface area (Å²) in [5.41, 5.74) is -0.637. The van der Waals surface area contributed by atoms with Gasteiger partial charge in [-0.1, -0.05) is 18.9 Å². The molecular weight excluding hydrogens is 338 g/mol. The number of nitrogens with zero attached hydrogens (tertiary/aromatic N) is 1. The summed E-state index contributed by atoms with van der Waals surface area (Å²) in [4.78, 5) is 39.0. The number of hydrogen-bond donors (Lipinski definition) is 2. The van der Waals surface area contributed by atoms with Crippen LogP contribution in [0, 0.1) is 0 Å². The van der Waals surface area contributed by atoms with E-state index in [4.69, 9.17) is 0 Å². The molecule has 2 N–H and O–H groups in total. The topological polar surface area (TPSA) is 78.5 Å². The SMILES string of the molecule is O=C(CCCc1cccs1)NCCCN1C(=O)NC2(CCCC2)C1=O. The van der Waals surface area contributed by atoms with E-state index in [1.54, 1.807) is 11.3 Å². The van der Waals surface area contributed by atoms with Crippen LogP contribution in [0.2, 0.25) is 0 Å². The minimum atomic E-state index is -0.637. The lowest BCUT2D eigenvalue weighted by Gasteiger charge is -2.20. The van der Waals surface area contributed by atoms with Gasteiger partial charge in [-0.05, 0) is 43.6 Å². The highest BCUT2D eigenvalue weighted by molar-refractivity contribution is 7.09. The van der Waals surface area contributed by atoms with Crippen LogP contribution in [0.1, 0.15) is 49.8 Å². The largest absolute Gasteiger partial charge is 0.356 e. The highest BCUT2D eigenvalue weighted by Crippen LogP contribution is 2.34. The molecule has 2 aliphatic rings. The molecule has 1 aromatic rings. The van der Waals surface area contributed by atoms with Gasteiger partial charge in [-0.3, -0.25) is 14.5 Å². The fourth-order valence-corrected chi connectivity index (χ4v) is 4.38. The van der Waals surface area contributed by atoms with Gasteiger partial charge in [0.15, 0.2) is 0 Å². The monoisotopic (exact) mass is 363 g/mol. The third-order valence-electron chi connectivity index (χ3n) is 4.99. The predicted molar refractivity (Wildman–Crippen MR) is 96.3 cm³/mol. The summed E-state index contributed by atoms with van der Waals surface area (Å²) in [7, 11) is 0. The maximum absolute atomic E-state index is 12.5. The Morgan fingerprint density at radius 1 is 1.28 bits per heavy atom. The highest BCUT2D eigenvalue weighted by Gasteiger charge is 2.51. The van der Waals surface area contributed by atoms with Crippen LogP contribution < -0.4 is 10.6 Å². The normalized spacial score (nSPS) is 18.8. The van der Waals surface area contributed by atoms with Crippen molar-refractivity contribution < 1.29 is 14.4 Å². The minimum Gasteiger partial charge on any atom is -0.356 e. The quantitative estimate of drug-likeness (QED) is 0.550. The van der Waals surface area contributed by atoms with Gasteiger partial charge in [0.1, 0.15) is 5.54 Å². The average Bonchev–Trinajstić information content (AvgIpc) is 3.30. The fourth-order valence-electron chi connectivity index (χ4n) is 3.63. The van der Waals surface area contributed by atoms with Crippen LogP contribution in [-0.4, -0.2) is 41.4 Å². The molecule has 0 unspecified atom stereocenters. The first kappa shape index (κ1) is 17.9. The van der Waals surface area contributed by atoms with E-state index >= 15 is 0 Å². The number of urea groups is 1. The Balaban J connectivity index is 1.32. The van der Waals surface area contributed by atoms with Crippen LogP contribution in [-0.2, 0) is 16.0 Å². The second-order valence-electron chi connectivity index (χ2n) is 6.81. The maximum Gasteiger partial charge on any atom is 0.325 e. The molecule has 1 aliphatic heterocycles. The molecule has 1 saturated heterocycles. The number of thiophene rings is 1. The van der Waals surface area contributed by atoms with E-state index in [1.165, 1.54) is 9.78 Å². The Bertz CT molecular complexity index is 624. The minimum absolute atomic E-state index is 0.0287. The average molecular weight is 363 g/mol. The molecule has 0 aromatic carbocycles. The van der Waals surface area contributed by atoms with Crippen molar-refractivity contribution in [2.75, 3.05) is 13.1 Å². The van der Waals surface area contributed by atoms with Gasteiger partial charge in [-0.2, -0.15) is 0 Å². The van der Waals surface area contributed by atoms with Crippen LogP contribution in [0.5, 0.6) is 0 Å². The van der Waals surface area contributed by atoms with E-state index in [-0.39, 0.29) is 17.8 Å². The van der Waals surface area contributed by atoms with Crippen LogP contribution in [0.4, 0.5) is 4.79 Å². The first-order valence-electron chi connectivity index (χ1n) is 9.04. The number of imide groups is 1. The van der Waals surface area contributed by atoms with Crippen molar-refractivity contribution in [3.63, 3.8) is 0 Å². The summed E-state index contributed by atoms with van der Waals surface area (Å²) in [6.45, 7) is 0.851. The van der Waals surface area contributed by atoms with Crippen LogP contribution in [0.25, 0.3) is 0 Å². The number of amides is 4. The summed E-state index contributed by atoms with van der Waals surface area (Å²) in [6.07, 6.45) is 6.32. The van der Waals surface area contributed by atoms with Gasteiger partial charge in [0.25, 0.3) is 5.91 Å². The molecule has 0 radical (unpaired) electrons. The van der Waals surface area contributed by atoms with Crippen molar-refractivity contribution in [2.24, 2.45) is 0 Å². The molecular formula is C18H25N3O3S. The lowest BCUT2D eigenvalue weighted by atomic mass is 9.98. The van der Waals surface area contributed by atoms with E-state index in [0.29, 0.717) is 25.9 Å². The van der Waals surface area contributed by atoms with E-state index in [2.05, 4.69) is 16.7 Å². The van der Waals surface area contributed by atoms with Crippen molar-refractivity contribution in [1.29, 1.82) is 0 Å². The summed E-state index contributed by atoms with van der Waals surface area (Å²) < 4.78 is 0. The van der Waals surface area contributed by atoms with Crippen molar-refractivity contribution >= 4 is 29.2 Å². The number of rotatable bonds is 8. The predicted octanol–water partition coefficient (Wildman–Crippen LogP) is 2.44. The van der Waals surface area contributed by atoms with Gasteiger partial charge in [0.2, 0.25) is 5.91 Å². The van der Waals surface area contributed by atoms with Crippen LogP contribution in [0.3, 0.4) is 0 Å². The van der Waals surface area contributed by atoms with E-state index in [9.17, 15) is 14.4 Å². The molecule has 1 saturated carbocycles. The number of carbonyl (C=O) groups excluding carboxylic acids is 3. The van der Waals surface area contributed by atoms with Crippen molar-refractivity contribution in [2.45, 2.75) is 56.9 Å². The lowest BCUT2D eigenvalue weighted by Crippen LogP contribution is -2.44. The van der Waals surface area contributed by atoms with Crippen LogP contribution in [0.15, 0.2) is 17.5 Å². The zero-order valence-corrected chi connectivity index (χ0v) is 15.2. The molecule has 2 heterocycles. The number of nitrogens with one attached hydrogen (secondary N) is 2. The molecule has 0 atom stereocenters. The van der Waals surface area contributed by atoms with Gasteiger partial charge in [-0.25, -0.2) is 4.79 Å². The summed E-state index contributed by atoms with van der Waals surface area (Å²) in [5.74, 6) is -0.0571. The molecule has 3 rings (SSSR count). The van der Waals surface area contributed by atoms with E-state index < -0.39 is 5.54 Å². The second kappa shape index (κ2) is 7.99. The number of hydrogen-bond acceptors (Lipinski definition) is 4. The molecule has 1 aromatic heterocycles. The Morgan fingerprint density at radius 3 is 2.80 bits per heavy atom. The molecule has 136 valence electrons. The molecule has 1 aliphatic carbocycles. The third-order valence-corrected chi connectivity index (χ3v) is 5.93. The Morgan fingerprint density at radius 2 is 2.08 bits per heavy atom. The second-order valence-corrected chi connectivity index (χ2v) is 7.84. The zero-order chi connectivity index (χ0) is 17.7. The van der Waals surface area contributed by atoms with Gasteiger partial charge in [0.05, 0.1) is 0 Å². The highest BCUT2D eigenvalue weighted by atomic mass is 32.1. The Kier molecular flexibility index (Phi) is 5.73. The van der Waals surface area contributed by atoms with Crippen LogP contribution >= 0.6 is 11.3 Å². The Labute approximate surface area is 152 Å². The zero-order valence-electron chi connectivity index (χ0n) is 14.4. The van der Waals surface area contributed by atoms with E-state index in [0.717, 1.165) is 38.5 Å².